The molecule has 0 aliphatic carbocycles. The average molecular weight is 187 g/mol. The van der Waals surface area contributed by atoms with E-state index in [1.165, 1.54) is 11.1 Å². The van der Waals surface area contributed by atoms with Gasteiger partial charge in [0.2, 0.25) is 0 Å². The molecule has 0 radical (unpaired) electrons. The van der Waals surface area contributed by atoms with E-state index in [-0.39, 0.29) is 0 Å². The van der Waals surface area contributed by atoms with E-state index in [1.807, 2.05) is 13.0 Å². The molecular formula is C13H17N. The highest BCUT2D eigenvalue weighted by Gasteiger charge is 1.93. The van der Waals surface area contributed by atoms with Gasteiger partial charge in [0.1, 0.15) is 0 Å². The monoisotopic (exact) mass is 187 g/mol. The maximum absolute atomic E-state index is 4.33. The number of hydrogen-bond donors (Lipinski definition) is 0. The third-order valence-corrected chi connectivity index (χ3v) is 2.06. The minimum atomic E-state index is 0.852. The summed E-state index contributed by atoms with van der Waals surface area (Å²) in [6, 6.07) is 10.4. The summed E-state index contributed by atoms with van der Waals surface area (Å²) in [4.78, 5) is 4.33. The van der Waals surface area contributed by atoms with Gasteiger partial charge in [-0.25, -0.2) is 0 Å². The van der Waals surface area contributed by atoms with Crippen molar-refractivity contribution in [2.45, 2.75) is 20.8 Å². The Kier molecular flexibility index (Phi) is 4.11. The summed E-state index contributed by atoms with van der Waals surface area (Å²) < 4.78 is 0. The van der Waals surface area contributed by atoms with Crippen molar-refractivity contribution in [3.63, 3.8) is 0 Å². The van der Waals surface area contributed by atoms with E-state index in [9.17, 15) is 0 Å². The number of benzene rings is 1. The summed E-state index contributed by atoms with van der Waals surface area (Å²) in [6.45, 7) is 7.06. The normalized spacial score (nSPS) is 13.1. The van der Waals surface area contributed by atoms with E-state index in [0.29, 0.717) is 0 Å². The van der Waals surface area contributed by atoms with Gasteiger partial charge in [-0.1, -0.05) is 30.3 Å². The molecule has 0 spiro atoms. The third kappa shape index (κ3) is 3.17. The van der Waals surface area contributed by atoms with E-state index in [0.717, 1.165) is 12.3 Å². The molecule has 1 rings (SSSR count). The maximum Gasteiger partial charge on any atom is 0.0364 e. The summed E-state index contributed by atoms with van der Waals surface area (Å²) in [6.07, 6.45) is 2.12. The average Bonchev–Trinajstić information content (AvgIpc) is 2.19. The van der Waals surface area contributed by atoms with Gasteiger partial charge in [-0.05, 0) is 38.0 Å². The van der Waals surface area contributed by atoms with Crippen LogP contribution in [-0.4, -0.2) is 12.3 Å². The predicted octanol–water partition coefficient (Wildman–Crippen LogP) is 3.57. The van der Waals surface area contributed by atoms with Crippen molar-refractivity contribution < 1.29 is 0 Å². The number of rotatable bonds is 3. The fourth-order valence-corrected chi connectivity index (χ4v) is 1.39. The van der Waals surface area contributed by atoms with E-state index < -0.39 is 0 Å². The summed E-state index contributed by atoms with van der Waals surface area (Å²) in [7, 11) is 0. The van der Waals surface area contributed by atoms with Crippen LogP contribution in [0.3, 0.4) is 0 Å². The second-order valence-corrected chi connectivity index (χ2v) is 3.31. The lowest BCUT2D eigenvalue weighted by molar-refractivity contribution is 1.13. The Labute approximate surface area is 86.2 Å². The third-order valence-electron chi connectivity index (χ3n) is 2.06. The summed E-state index contributed by atoms with van der Waals surface area (Å²) in [5.74, 6) is 0. The van der Waals surface area contributed by atoms with Crippen LogP contribution in [0, 0.1) is 0 Å². The first-order valence-electron chi connectivity index (χ1n) is 4.98. The van der Waals surface area contributed by atoms with E-state index in [4.69, 9.17) is 0 Å². The molecule has 0 unspecified atom stereocenters. The predicted molar refractivity (Wildman–Crippen MR) is 63.7 cm³/mol. The van der Waals surface area contributed by atoms with Crippen molar-refractivity contribution in [2.75, 3.05) is 6.54 Å². The van der Waals surface area contributed by atoms with Crippen molar-refractivity contribution in [2.24, 2.45) is 4.99 Å². The fraction of sp³-hybridized carbons (Fsp3) is 0.308. The molecule has 74 valence electrons. The fourth-order valence-electron chi connectivity index (χ4n) is 1.39. The molecule has 14 heavy (non-hydrogen) atoms. The van der Waals surface area contributed by atoms with Crippen LogP contribution in [0.15, 0.2) is 41.4 Å². The van der Waals surface area contributed by atoms with E-state index >= 15 is 0 Å². The van der Waals surface area contributed by atoms with Crippen LogP contribution in [0.25, 0.3) is 5.57 Å². The van der Waals surface area contributed by atoms with Crippen LogP contribution in [0.5, 0.6) is 0 Å². The highest BCUT2D eigenvalue weighted by atomic mass is 14.7. The molecule has 0 saturated carbocycles. The van der Waals surface area contributed by atoms with Crippen LogP contribution in [0.4, 0.5) is 0 Å². The Hall–Kier alpha value is -1.37. The lowest BCUT2D eigenvalue weighted by atomic mass is 10.1. The van der Waals surface area contributed by atoms with Crippen LogP contribution in [0.2, 0.25) is 0 Å². The second-order valence-electron chi connectivity index (χ2n) is 3.31. The Morgan fingerprint density at radius 3 is 2.43 bits per heavy atom. The molecule has 0 bridgehead atoms. The standard InChI is InChI=1S/C13H17N/c1-4-14-12(3)10-11(2)13-8-6-5-7-9-13/h5-10H,4H2,1-3H3/b11-10+,14-12?. The number of hydrogen-bond acceptors (Lipinski definition) is 1. The molecule has 1 heteroatoms. The molecule has 1 nitrogen and oxygen atoms in total. The second kappa shape index (κ2) is 5.38. The SMILES string of the molecule is CCN=C(C)/C=C(\C)c1ccccc1. The molecule has 0 saturated heterocycles. The highest BCUT2D eigenvalue weighted by Crippen LogP contribution is 2.12. The van der Waals surface area contributed by atoms with Crippen molar-refractivity contribution in [1.82, 2.24) is 0 Å². The van der Waals surface area contributed by atoms with Gasteiger partial charge < -0.3 is 0 Å². The zero-order chi connectivity index (χ0) is 10.4. The van der Waals surface area contributed by atoms with Crippen LogP contribution >= 0.6 is 0 Å². The van der Waals surface area contributed by atoms with Crippen molar-refractivity contribution >= 4 is 11.3 Å². The quantitative estimate of drug-likeness (QED) is 0.641. The minimum absolute atomic E-state index is 0.852. The summed E-state index contributed by atoms with van der Waals surface area (Å²) in [5, 5.41) is 0. The Bertz CT molecular complexity index is 334. The Morgan fingerprint density at radius 2 is 1.86 bits per heavy atom. The van der Waals surface area contributed by atoms with Crippen molar-refractivity contribution in [1.29, 1.82) is 0 Å². The van der Waals surface area contributed by atoms with Gasteiger partial charge in [0.15, 0.2) is 0 Å². The molecule has 0 N–H and O–H groups in total. The maximum atomic E-state index is 4.33. The summed E-state index contributed by atoms with van der Waals surface area (Å²) in [5.41, 5.74) is 3.62. The molecule has 0 aliphatic heterocycles. The number of allylic oxidation sites excluding steroid dienone is 2. The number of nitrogens with zero attached hydrogens (tertiary/aromatic N) is 1. The smallest absolute Gasteiger partial charge is 0.0364 e. The molecular weight excluding hydrogens is 170 g/mol. The van der Waals surface area contributed by atoms with Crippen molar-refractivity contribution in [3.8, 4) is 0 Å². The van der Waals surface area contributed by atoms with Crippen LogP contribution in [-0.2, 0) is 0 Å². The minimum Gasteiger partial charge on any atom is -0.290 e. The highest BCUT2D eigenvalue weighted by molar-refractivity contribution is 5.98. The molecule has 1 aromatic carbocycles. The molecule has 0 atom stereocenters. The number of aliphatic imine (C=N–C) groups is 1. The topological polar surface area (TPSA) is 12.4 Å². The van der Waals surface area contributed by atoms with Gasteiger partial charge in [-0.3, -0.25) is 4.99 Å². The van der Waals surface area contributed by atoms with Crippen LogP contribution < -0.4 is 0 Å². The first kappa shape index (κ1) is 10.7. The molecule has 0 amide bonds. The zero-order valence-electron chi connectivity index (χ0n) is 9.12. The first-order chi connectivity index (χ1) is 6.74. The van der Waals surface area contributed by atoms with Gasteiger partial charge >= 0.3 is 0 Å². The lowest BCUT2D eigenvalue weighted by Gasteiger charge is -2.00. The van der Waals surface area contributed by atoms with E-state index in [1.54, 1.807) is 0 Å². The Balaban J connectivity index is 2.85. The van der Waals surface area contributed by atoms with Crippen LogP contribution in [0.1, 0.15) is 26.3 Å². The van der Waals surface area contributed by atoms with E-state index in [2.05, 4.69) is 49.2 Å². The molecule has 0 fully saturated rings. The van der Waals surface area contributed by atoms with Crippen molar-refractivity contribution in [3.05, 3.63) is 42.0 Å². The molecule has 0 aliphatic rings. The summed E-state index contributed by atoms with van der Waals surface area (Å²) >= 11 is 0. The Morgan fingerprint density at radius 1 is 1.21 bits per heavy atom. The molecule has 0 heterocycles. The lowest BCUT2D eigenvalue weighted by Crippen LogP contribution is -1.88. The van der Waals surface area contributed by atoms with Gasteiger partial charge in [0, 0.05) is 12.3 Å². The van der Waals surface area contributed by atoms with Gasteiger partial charge in [0.25, 0.3) is 0 Å². The first-order valence-corrected chi connectivity index (χ1v) is 4.98. The molecule has 0 aromatic heterocycles. The van der Waals surface area contributed by atoms with Gasteiger partial charge in [0.05, 0.1) is 0 Å². The zero-order valence-corrected chi connectivity index (χ0v) is 9.12. The largest absolute Gasteiger partial charge is 0.290 e. The van der Waals surface area contributed by atoms with Gasteiger partial charge in [-0.15, -0.1) is 0 Å². The molecule has 1 aromatic rings. The van der Waals surface area contributed by atoms with Gasteiger partial charge in [-0.2, -0.15) is 0 Å².